The fourth-order valence-corrected chi connectivity index (χ4v) is 2.40. The highest BCUT2D eigenvalue weighted by atomic mass is 35.5. The fourth-order valence-electron chi connectivity index (χ4n) is 2.21. The van der Waals surface area contributed by atoms with E-state index >= 15 is 0 Å². The molecule has 1 heterocycles. The van der Waals surface area contributed by atoms with Gasteiger partial charge in [-0.05, 0) is 30.3 Å². The average molecular weight is 313 g/mol. The molecule has 0 radical (unpaired) electrons. The maximum absolute atomic E-state index is 11.8. The van der Waals surface area contributed by atoms with Gasteiger partial charge in [0.15, 0.2) is 5.69 Å². The molecule has 0 aliphatic carbocycles. The Bertz CT molecular complexity index is 849. The molecule has 0 unspecified atom stereocenters. The van der Waals surface area contributed by atoms with Gasteiger partial charge in [0.2, 0.25) is 0 Å². The second kappa shape index (κ2) is 6.03. The number of benzene rings is 2. The lowest BCUT2D eigenvalue weighted by Crippen LogP contribution is -2.05. The van der Waals surface area contributed by atoms with E-state index in [0.717, 1.165) is 22.3 Å². The molecule has 0 saturated heterocycles. The second-order valence-electron chi connectivity index (χ2n) is 4.70. The van der Waals surface area contributed by atoms with Crippen LogP contribution in [-0.4, -0.2) is 18.1 Å². The molecule has 0 spiro atoms. The number of esters is 1. The number of anilines is 2. The predicted octanol–water partition coefficient (Wildman–Crippen LogP) is 4.42. The largest absolute Gasteiger partial charge is 0.464 e. The summed E-state index contributed by atoms with van der Waals surface area (Å²) in [5.74, 6) is -0.472. The van der Waals surface area contributed by atoms with Gasteiger partial charge in [-0.15, -0.1) is 0 Å². The van der Waals surface area contributed by atoms with Gasteiger partial charge < -0.3 is 10.1 Å². The van der Waals surface area contributed by atoms with Crippen LogP contribution in [0.3, 0.4) is 0 Å². The number of para-hydroxylation sites is 1. The van der Waals surface area contributed by atoms with Gasteiger partial charge in [0, 0.05) is 16.1 Å². The Labute approximate surface area is 132 Å². The van der Waals surface area contributed by atoms with E-state index in [2.05, 4.69) is 10.3 Å². The molecule has 2 aromatic carbocycles. The van der Waals surface area contributed by atoms with Crippen LogP contribution in [0.2, 0.25) is 5.02 Å². The monoisotopic (exact) mass is 312 g/mol. The lowest BCUT2D eigenvalue weighted by Gasteiger charge is -2.11. The van der Waals surface area contributed by atoms with Crippen LogP contribution in [0.25, 0.3) is 10.9 Å². The van der Waals surface area contributed by atoms with Crippen molar-refractivity contribution in [3.05, 3.63) is 65.3 Å². The number of methoxy groups -OCH3 is 1. The average Bonchev–Trinajstić information content (AvgIpc) is 2.54. The molecule has 0 saturated carbocycles. The van der Waals surface area contributed by atoms with Gasteiger partial charge >= 0.3 is 5.97 Å². The van der Waals surface area contributed by atoms with Gasteiger partial charge in [0.1, 0.15) is 0 Å². The third-order valence-electron chi connectivity index (χ3n) is 3.21. The summed E-state index contributed by atoms with van der Waals surface area (Å²) in [6, 6.07) is 16.6. The summed E-state index contributed by atoms with van der Waals surface area (Å²) in [5, 5.41) is 4.82. The van der Waals surface area contributed by atoms with Crippen molar-refractivity contribution in [2.45, 2.75) is 0 Å². The minimum atomic E-state index is -0.472. The molecule has 1 aromatic heterocycles. The molecule has 0 atom stereocenters. The van der Waals surface area contributed by atoms with Crippen molar-refractivity contribution in [1.29, 1.82) is 0 Å². The number of carbonyl (C=O) groups excluding carboxylic acids is 1. The molecule has 3 rings (SSSR count). The molecule has 0 amide bonds. The van der Waals surface area contributed by atoms with E-state index in [1.165, 1.54) is 7.11 Å². The van der Waals surface area contributed by atoms with Gasteiger partial charge in [-0.1, -0.05) is 35.9 Å². The van der Waals surface area contributed by atoms with Crippen molar-refractivity contribution in [2.75, 3.05) is 12.4 Å². The first-order valence-electron chi connectivity index (χ1n) is 6.68. The van der Waals surface area contributed by atoms with Crippen LogP contribution in [0.5, 0.6) is 0 Å². The summed E-state index contributed by atoms with van der Waals surface area (Å²) in [4.78, 5) is 16.1. The highest BCUT2D eigenvalue weighted by Gasteiger charge is 2.12. The van der Waals surface area contributed by atoms with Crippen LogP contribution in [-0.2, 0) is 4.74 Å². The number of hydrogen-bond acceptors (Lipinski definition) is 4. The van der Waals surface area contributed by atoms with E-state index in [9.17, 15) is 4.79 Å². The van der Waals surface area contributed by atoms with Crippen molar-refractivity contribution < 1.29 is 9.53 Å². The van der Waals surface area contributed by atoms with Crippen molar-refractivity contribution in [3.8, 4) is 0 Å². The first kappa shape index (κ1) is 14.4. The summed E-state index contributed by atoms with van der Waals surface area (Å²) < 4.78 is 4.76. The molecule has 3 aromatic rings. The summed E-state index contributed by atoms with van der Waals surface area (Å²) in [7, 11) is 1.34. The minimum absolute atomic E-state index is 0.255. The van der Waals surface area contributed by atoms with Gasteiger partial charge in [-0.2, -0.15) is 0 Å². The topological polar surface area (TPSA) is 51.2 Å². The number of nitrogens with zero attached hydrogens (tertiary/aromatic N) is 1. The van der Waals surface area contributed by atoms with Crippen LogP contribution in [0.15, 0.2) is 54.6 Å². The Hall–Kier alpha value is -2.59. The Morgan fingerprint density at radius 2 is 1.95 bits per heavy atom. The second-order valence-corrected chi connectivity index (χ2v) is 5.14. The summed E-state index contributed by atoms with van der Waals surface area (Å²) in [6.45, 7) is 0. The number of fused-ring (bicyclic) bond motifs is 1. The smallest absolute Gasteiger partial charge is 0.356 e. The van der Waals surface area contributed by atoms with E-state index in [0.29, 0.717) is 5.02 Å². The Morgan fingerprint density at radius 1 is 1.14 bits per heavy atom. The number of ether oxygens (including phenoxy) is 1. The molecular formula is C17H13ClN2O2. The SMILES string of the molecule is COC(=O)c1cc(Nc2cccc(Cl)c2)c2ccccc2n1. The van der Waals surface area contributed by atoms with Crippen molar-refractivity contribution >= 4 is 39.8 Å². The quantitative estimate of drug-likeness (QED) is 0.727. The normalized spacial score (nSPS) is 10.5. The molecule has 5 heteroatoms. The Balaban J connectivity index is 2.12. The number of nitrogens with one attached hydrogen (secondary N) is 1. The van der Waals surface area contributed by atoms with Crippen molar-refractivity contribution in [1.82, 2.24) is 4.98 Å². The molecule has 4 nitrogen and oxygen atoms in total. The van der Waals surface area contributed by atoms with E-state index < -0.39 is 5.97 Å². The predicted molar refractivity (Wildman–Crippen MR) is 87.8 cm³/mol. The fraction of sp³-hybridized carbons (Fsp3) is 0.0588. The zero-order chi connectivity index (χ0) is 15.5. The summed E-state index contributed by atoms with van der Waals surface area (Å²) in [6.07, 6.45) is 0. The number of hydrogen-bond donors (Lipinski definition) is 1. The maximum atomic E-state index is 11.8. The van der Waals surface area contributed by atoms with Gasteiger partial charge in [-0.25, -0.2) is 9.78 Å². The van der Waals surface area contributed by atoms with Crippen LogP contribution in [0, 0.1) is 0 Å². The highest BCUT2D eigenvalue weighted by Crippen LogP contribution is 2.27. The van der Waals surface area contributed by atoms with Crippen LogP contribution >= 0.6 is 11.6 Å². The van der Waals surface area contributed by atoms with Crippen molar-refractivity contribution in [2.24, 2.45) is 0 Å². The number of halogens is 1. The lowest BCUT2D eigenvalue weighted by atomic mass is 10.1. The van der Waals surface area contributed by atoms with E-state index in [1.54, 1.807) is 12.1 Å². The van der Waals surface area contributed by atoms with E-state index in [-0.39, 0.29) is 5.69 Å². The Kier molecular flexibility index (Phi) is 3.94. The number of rotatable bonds is 3. The molecule has 0 bridgehead atoms. The van der Waals surface area contributed by atoms with E-state index in [1.807, 2.05) is 42.5 Å². The first-order valence-corrected chi connectivity index (χ1v) is 7.06. The molecule has 1 N–H and O–H groups in total. The maximum Gasteiger partial charge on any atom is 0.356 e. The van der Waals surface area contributed by atoms with Crippen LogP contribution < -0.4 is 5.32 Å². The third kappa shape index (κ3) is 2.87. The lowest BCUT2D eigenvalue weighted by molar-refractivity contribution is 0.0594. The standard InChI is InChI=1S/C17H13ClN2O2/c1-22-17(21)16-10-15(13-7-2-3-8-14(13)20-16)19-12-6-4-5-11(18)9-12/h2-10H,1H3,(H,19,20). The molecule has 0 fully saturated rings. The van der Waals surface area contributed by atoms with Gasteiger partial charge in [-0.3, -0.25) is 0 Å². The summed E-state index contributed by atoms with van der Waals surface area (Å²) in [5.41, 5.74) is 2.58. The molecule has 110 valence electrons. The van der Waals surface area contributed by atoms with Gasteiger partial charge in [0.25, 0.3) is 0 Å². The summed E-state index contributed by atoms with van der Waals surface area (Å²) >= 11 is 6.01. The van der Waals surface area contributed by atoms with Crippen LogP contribution in [0.1, 0.15) is 10.5 Å². The van der Waals surface area contributed by atoms with Crippen molar-refractivity contribution in [3.63, 3.8) is 0 Å². The third-order valence-corrected chi connectivity index (χ3v) is 3.45. The zero-order valence-electron chi connectivity index (χ0n) is 11.8. The number of pyridine rings is 1. The minimum Gasteiger partial charge on any atom is -0.464 e. The number of carbonyl (C=O) groups is 1. The Morgan fingerprint density at radius 3 is 2.73 bits per heavy atom. The number of aromatic nitrogens is 1. The molecule has 22 heavy (non-hydrogen) atoms. The molecule has 0 aliphatic heterocycles. The first-order chi connectivity index (χ1) is 10.7. The molecular weight excluding hydrogens is 300 g/mol. The van der Waals surface area contributed by atoms with E-state index in [4.69, 9.17) is 16.3 Å². The molecule has 0 aliphatic rings. The van der Waals surface area contributed by atoms with Gasteiger partial charge in [0.05, 0.1) is 18.3 Å². The zero-order valence-corrected chi connectivity index (χ0v) is 12.6. The highest BCUT2D eigenvalue weighted by molar-refractivity contribution is 6.30. The van der Waals surface area contributed by atoms with Crippen LogP contribution in [0.4, 0.5) is 11.4 Å².